The summed E-state index contributed by atoms with van der Waals surface area (Å²) in [6, 6.07) is 20.2. The summed E-state index contributed by atoms with van der Waals surface area (Å²) in [5.74, 6) is -0.222. The van der Waals surface area contributed by atoms with Crippen LogP contribution < -0.4 is 20.3 Å². The fourth-order valence-corrected chi connectivity index (χ4v) is 5.96. The van der Waals surface area contributed by atoms with Crippen LogP contribution in [-0.4, -0.2) is 54.5 Å². The van der Waals surface area contributed by atoms with E-state index in [0.717, 1.165) is 34.0 Å². The molecule has 2 aromatic carbocycles. The van der Waals surface area contributed by atoms with Crippen LogP contribution in [-0.2, 0) is 14.3 Å². The molecule has 1 fully saturated rings. The first kappa shape index (κ1) is 29.7. The Morgan fingerprint density at radius 3 is 2.49 bits per heavy atom. The number of esters is 1. The lowest BCUT2D eigenvalue weighted by Crippen LogP contribution is -2.29. The summed E-state index contributed by atoms with van der Waals surface area (Å²) < 4.78 is 17.7. The van der Waals surface area contributed by atoms with Crippen molar-refractivity contribution in [3.8, 4) is 11.4 Å². The van der Waals surface area contributed by atoms with Crippen molar-refractivity contribution in [2.45, 2.75) is 25.9 Å². The van der Waals surface area contributed by atoms with Crippen molar-refractivity contribution in [2.24, 2.45) is 0 Å². The minimum atomic E-state index is -0.414. The third-order valence-corrected chi connectivity index (χ3v) is 7.76. The van der Waals surface area contributed by atoms with Gasteiger partial charge >= 0.3 is 5.97 Å². The maximum atomic E-state index is 12.7. The Morgan fingerprint density at radius 1 is 1.02 bits per heavy atom. The molecule has 3 heterocycles. The molecule has 2 unspecified atom stereocenters. The van der Waals surface area contributed by atoms with Gasteiger partial charge in [0, 0.05) is 30.4 Å². The summed E-state index contributed by atoms with van der Waals surface area (Å²) >= 11 is 5.94. The molecular formula is C32H33N5O5S. The number of hydrogen-bond donors (Lipinski definition) is 2. The second-order valence-electron chi connectivity index (χ2n) is 10.0. The van der Waals surface area contributed by atoms with Gasteiger partial charge in [-0.3, -0.25) is 9.78 Å². The van der Waals surface area contributed by atoms with E-state index in [1.165, 1.54) is 14.2 Å². The number of anilines is 2. The molecule has 1 aliphatic heterocycles. The van der Waals surface area contributed by atoms with Gasteiger partial charge in [0.25, 0.3) is 0 Å². The molecule has 1 amide bonds. The van der Waals surface area contributed by atoms with E-state index in [1.54, 1.807) is 25.4 Å². The van der Waals surface area contributed by atoms with Gasteiger partial charge in [-0.1, -0.05) is 18.2 Å². The third-order valence-electron chi connectivity index (χ3n) is 7.45. The van der Waals surface area contributed by atoms with Gasteiger partial charge in [-0.05, 0) is 80.2 Å². The Hall–Kier alpha value is -4.74. The predicted molar refractivity (Wildman–Crippen MR) is 168 cm³/mol. The quantitative estimate of drug-likeness (QED) is 0.202. The number of carbonyl (C=O) groups excluding carboxylic acids is 2. The van der Waals surface area contributed by atoms with Crippen LogP contribution in [0.2, 0.25) is 0 Å². The van der Waals surface area contributed by atoms with E-state index in [9.17, 15) is 9.59 Å². The highest BCUT2D eigenvalue weighted by atomic mass is 32.1. The molecule has 43 heavy (non-hydrogen) atoms. The number of nitrogens with one attached hydrogen (secondary N) is 2. The average molecular weight is 600 g/mol. The van der Waals surface area contributed by atoms with E-state index in [0.29, 0.717) is 22.1 Å². The number of hydrogen-bond acceptors (Lipinski definition) is 7. The Balaban J connectivity index is 1.67. The Bertz CT molecular complexity index is 1670. The zero-order chi connectivity index (χ0) is 30.7. The van der Waals surface area contributed by atoms with Gasteiger partial charge in [-0.15, -0.1) is 0 Å². The first-order valence-electron chi connectivity index (χ1n) is 13.6. The third kappa shape index (κ3) is 5.69. The van der Waals surface area contributed by atoms with Crippen molar-refractivity contribution in [3.63, 3.8) is 0 Å². The number of methoxy groups -OCH3 is 3. The molecule has 0 saturated carbocycles. The first-order valence-corrected chi connectivity index (χ1v) is 14.0. The number of rotatable bonds is 9. The van der Waals surface area contributed by atoms with E-state index >= 15 is 0 Å². The van der Waals surface area contributed by atoms with Crippen molar-refractivity contribution in [3.05, 3.63) is 101 Å². The number of nitrogens with zero attached hydrogens (tertiary/aromatic N) is 3. The maximum absolute atomic E-state index is 12.7. The van der Waals surface area contributed by atoms with Crippen molar-refractivity contribution < 1.29 is 23.8 Å². The summed E-state index contributed by atoms with van der Waals surface area (Å²) in [4.78, 5) is 31.8. The van der Waals surface area contributed by atoms with Gasteiger partial charge < -0.3 is 34.3 Å². The number of carbonyl (C=O) groups is 2. The van der Waals surface area contributed by atoms with Gasteiger partial charge in [-0.25, -0.2) is 4.79 Å². The Morgan fingerprint density at radius 2 is 1.79 bits per heavy atom. The summed E-state index contributed by atoms with van der Waals surface area (Å²) in [7, 11) is 4.38. The Kier molecular flexibility index (Phi) is 8.74. The number of benzene rings is 2. The van der Waals surface area contributed by atoms with Crippen molar-refractivity contribution in [1.29, 1.82) is 0 Å². The van der Waals surface area contributed by atoms with Gasteiger partial charge in [0.2, 0.25) is 5.91 Å². The molecule has 0 bridgehead atoms. The number of pyridine rings is 1. The van der Waals surface area contributed by atoms with Gasteiger partial charge in [-0.2, -0.15) is 0 Å². The van der Waals surface area contributed by atoms with Crippen LogP contribution in [0.4, 0.5) is 11.4 Å². The molecule has 11 heteroatoms. The van der Waals surface area contributed by atoms with Crippen LogP contribution in [0.3, 0.4) is 0 Å². The molecule has 222 valence electrons. The summed E-state index contributed by atoms with van der Waals surface area (Å²) in [6.45, 7) is 3.93. The second-order valence-corrected chi connectivity index (χ2v) is 10.4. The highest BCUT2D eigenvalue weighted by molar-refractivity contribution is 7.80. The molecule has 2 aromatic heterocycles. The lowest BCUT2D eigenvalue weighted by molar-refractivity contribution is -0.119. The minimum absolute atomic E-state index is 0.0968. The summed E-state index contributed by atoms with van der Waals surface area (Å²) in [6.07, 6.45) is 1.76. The molecular weight excluding hydrogens is 566 g/mol. The maximum Gasteiger partial charge on any atom is 0.339 e. The normalized spacial score (nSPS) is 16.1. The highest BCUT2D eigenvalue weighted by Crippen LogP contribution is 2.45. The van der Waals surface area contributed by atoms with Crippen LogP contribution in [0.25, 0.3) is 5.69 Å². The van der Waals surface area contributed by atoms with Crippen LogP contribution in [0.1, 0.15) is 45.1 Å². The molecule has 2 N–H and O–H groups in total. The monoisotopic (exact) mass is 599 g/mol. The van der Waals surface area contributed by atoms with E-state index in [2.05, 4.69) is 26.3 Å². The minimum Gasteiger partial charge on any atom is -0.495 e. The smallest absolute Gasteiger partial charge is 0.339 e. The largest absolute Gasteiger partial charge is 0.495 e. The number of thiocarbonyl (C=S) groups is 1. The van der Waals surface area contributed by atoms with E-state index in [1.807, 2.05) is 67.3 Å². The van der Waals surface area contributed by atoms with Crippen LogP contribution in [0, 0.1) is 13.8 Å². The lowest BCUT2D eigenvalue weighted by atomic mass is 9.96. The zero-order valence-corrected chi connectivity index (χ0v) is 25.4. The second kappa shape index (κ2) is 12.6. The van der Waals surface area contributed by atoms with Gasteiger partial charge in [0.15, 0.2) is 5.11 Å². The fraction of sp³-hybridized carbons (Fsp3) is 0.250. The van der Waals surface area contributed by atoms with Crippen LogP contribution in [0.5, 0.6) is 5.75 Å². The number of aryl methyl sites for hydroxylation is 1. The topological polar surface area (TPSA) is 107 Å². The van der Waals surface area contributed by atoms with Crippen molar-refractivity contribution in [1.82, 2.24) is 14.9 Å². The fourth-order valence-electron chi connectivity index (χ4n) is 5.62. The molecule has 4 aromatic rings. The molecule has 1 saturated heterocycles. The van der Waals surface area contributed by atoms with Gasteiger partial charge in [0.05, 0.1) is 48.9 Å². The SMILES string of the molecule is COCC(=O)Nc1cc(N2C(=S)NC(c3ccccn3)C2c2cc(C)n(-c3ccccc3C(=O)OC)c2C)ccc1OC. The molecule has 0 spiro atoms. The number of amides is 1. The molecule has 0 aliphatic carbocycles. The molecule has 2 atom stereocenters. The molecule has 10 nitrogen and oxygen atoms in total. The number of para-hydroxylation sites is 1. The number of ether oxygens (including phenoxy) is 3. The molecule has 1 aliphatic rings. The molecule has 5 rings (SSSR count). The van der Waals surface area contributed by atoms with Crippen LogP contribution in [0.15, 0.2) is 72.9 Å². The Labute approximate surface area is 255 Å². The summed E-state index contributed by atoms with van der Waals surface area (Å²) in [5, 5.41) is 6.85. The molecule has 0 radical (unpaired) electrons. The van der Waals surface area contributed by atoms with Crippen LogP contribution >= 0.6 is 12.2 Å². The van der Waals surface area contributed by atoms with E-state index in [4.69, 9.17) is 26.4 Å². The highest BCUT2D eigenvalue weighted by Gasteiger charge is 2.42. The van der Waals surface area contributed by atoms with Crippen molar-refractivity contribution in [2.75, 3.05) is 38.2 Å². The standard InChI is InChI=1S/C32H33N5O5S/c1-19-16-23(20(2)36(19)26-12-7-6-10-22(26)31(39)42-5)30-29(24-11-8-9-15-33-24)35-32(43)37(30)21-13-14-27(41-4)25(17-21)34-28(38)18-40-3/h6-17,29-30H,18H2,1-5H3,(H,34,38)(H,35,43). The summed E-state index contributed by atoms with van der Waals surface area (Å²) in [5.41, 5.74) is 6.08. The first-order chi connectivity index (χ1) is 20.8. The van der Waals surface area contributed by atoms with Crippen molar-refractivity contribution >= 4 is 40.6 Å². The zero-order valence-electron chi connectivity index (χ0n) is 24.6. The van der Waals surface area contributed by atoms with Gasteiger partial charge in [0.1, 0.15) is 12.4 Å². The predicted octanol–water partition coefficient (Wildman–Crippen LogP) is 5.05. The average Bonchev–Trinajstić information content (AvgIpc) is 3.51. The van der Waals surface area contributed by atoms with E-state index < -0.39 is 5.97 Å². The number of aromatic nitrogens is 2. The van der Waals surface area contributed by atoms with E-state index in [-0.39, 0.29) is 24.6 Å². The lowest BCUT2D eigenvalue weighted by Gasteiger charge is -2.29.